The predicted molar refractivity (Wildman–Crippen MR) is 89.4 cm³/mol. The van der Waals surface area contributed by atoms with Crippen LogP contribution in [0.1, 0.15) is 48.5 Å². The molecule has 0 saturated carbocycles. The van der Waals surface area contributed by atoms with Gasteiger partial charge < -0.3 is 14.7 Å². The van der Waals surface area contributed by atoms with Gasteiger partial charge >= 0.3 is 0 Å². The van der Waals surface area contributed by atoms with E-state index >= 15 is 0 Å². The monoisotopic (exact) mass is 317 g/mol. The molecule has 126 valence electrons. The average molecular weight is 317 g/mol. The molecule has 1 aromatic rings. The molecule has 2 saturated heterocycles. The van der Waals surface area contributed by atoms with Crippen LogP contribution in [-0.2, 0) is 11.2 Å². The molecule has 0 spiro atoms. The van der Waals surface area contributed by atoms with Crippen LogP contribution in [-0.4, -0.2) is 47.8 Å². The van der Waals surface area contributed by atoms with Gasteiger partial charge in [0, 0.05) is 30.7 Å². The van der Waals surface area contributed by atoms with Crippen molar-refractivity contribution >= 4 is 5.91 Å². The Morgan fingerprint density at radius 3 is 2.78 bits per heavy atom. The summed E-state index contributed by atoms with van der Waals surface area (Å²) in [5, 5.41) is 10.3. The average Bonchev–Trinajstić information content (AvgIpc) is 3.05. The minimum absolute atomic E-state index is 0.0505. The molecule has 3 atom stereocenters. The largest absolute Gasteiger partial charge is 0.393 e. The molecule has 3 rings (SSSR count). The lowest BCUT2D eigenvalue weighted by molar-refractivity contribution is -0.0589. The molecule has 0 bridgehead atoms. The predicted octanol–water partition coefficient (Wildman–Crippen LogP) is 2.64. The van der Waals surface area contributed by atoms with Gasteiger partial charge in [0.15, 0.2) is 0 Å². The number of aliphatic hydroxyl groups is 1. The second kappa shape index (κ2) is 7.45. The molecule has 1 aromatic carbocycles. The van der Waals surface area contributed by atoms with Crippen molar-refractivity contribution < 1.29 is 14.6 Å². The molecule has 1 N–H and O–H groups in total. The van der Waals surface area contributed by atoms with Crippen molar-refractivity contribution in [2.24, 2.45) is 5.92 Å². The zero-order valence-electron chi connectivity index (χ0n) is 13.9. The summed E-state index contributed by atoms with van der Waals surface area (Å²) >= 11 is 0. The molecule has 2 fully saturated rings. The summed E-state index contributed by atoms with van der Waals surface area (Å²) in [5.41, 5.74) is 2.03. The number of rotatable bonds is 4. The number of nitrogens with zero attached hydrogens (tertiary/aromatic N) is 1. The topological polar surface area (TPSA) is 49.8 Å². The van der Waals surface area contributed by atoms with E-state index in [4.69, 9.17) is 4.74 Å². The zero-order chi connectivity index (χ0) is 16.2. The van der Waals surface area contributed by atoms with Crippen LogP contribution < -0.4 is 0 Å². The van der Waals surface area contributed by atoms with E-state index in [1.807, 2.05) is 17.0 Å². The third-order valence-electron chi connectivity index (χ3n) is 5.16. The van der Waals surface area contributed by atoms with E-state index in [-0.39, 0.29) is 24.0 Å². The van der Waals surface area contributed by atoms with Gasteiger partial charge in [-0.25, -0.2) is 0 Å². The zero-order valence-corrected chi connectivity index (χ0v) is 13.9. The third-order valence-corrected chi connectivity index (χ3v) is 5.16. The van der Waals surface area contributed by atoms with Gasteiger partial charge in [-0.15, -0.1) is 0 Å². The lowest BCUT2D eigenvalue weighted by atomic mass is 9.89. The van der Waals surface area contributed by atoms with Gasteiger partial charge in [-0.05, 0) is 43.4 Å². The number of hydrogen-bond donors (Lipinski definition) is 1. The number of carbonyl (C=O) groups excluding carboxylic acids is 1. The SMILES string of the molecule is CCCc1ccc(C(=O)N2CCCC2C2COCCC2O)cc1. The fourth-order valence-electron chi connectivity index (χ4n) is 3.87. The molecular formula is C19H27NO3. The molecule has 0 aromatic heterocycles. The Kier molecular flexibility index (Phi) is 5.34. The number of aryl methyl sites for hydroxylation is 1. The van der Waals surface area contributed by atoms with E-state index in [1.54, 1.807) is 0 Å². The fourth-order valence-corrected chi connectivity index (χ4v) is 3.87. The smallest absolute Gasteiger partial charge is 0.254 e. The summed E-state index contributed by atoms with van der Waals surface area (Å²) in [6.07, 6.45) is 4.45. The molecular weight excluding hydrogens is 290 g/mol. The molecule has 2 heterocycles. The van der Waals surface area contributed by atoms with Crippen LogP contribution in [0.4, 0.5) is 0 Å². The maximum absolute atomic E-state index is 12.9. The second-order valence-electron chi connectivity index (χ2n) is 6.75. The first kappa shape index (κ1) is 16.5. The highest BCUT2D eigenvalue weighted by Crippen LogP contribution is 2.31. The van der Waals surface area contributed by atoms with Gasteiger partial charge in [0.25, 0.3) is 5.91 Å². The lowest BCUT2D eigenvalue weighted by Crippen LogP contribution is -2.48. The van der Waals surface area contributed by atoms with Crippen LogP contribution in [0.15, 0.2) is 24.3 Å². The first-order chi connectivity index (χ1) is 11.2. The Morgan fingerprint density at radius 2 is 2.09 bits per heavy atom. The number of ether oxygens (including phenoxy) is 1. The van der Waals surface area contributed by atoms with Crippen molar-refractivity contribution in [2.45, 2.75) is 51.2 Å². The van der Waals surface area contributed by atoms with Gasteiger partial charge in [0.1, 0.15) is 0 Å². The number of aliphatic hydroxyl groups excluding tert-OH is 1. The summed E-state index contributed by atoms with van der Waals surface area (Å²) in [7, 11) is 0. The third kappa shape index (κ3) is 3.59. The molecule has 4 nitrogen and oxygen atoms in total. The van der Waals surface area contributed by atoms with Gasteiger partial charge in [-0.1, -0.05) is 25.5 Å². The normalized spacial score (nSPS) is 28.1. The maximum atomic E-state index is 12.9. The molecule has 0 aliphatic carbocycles. The summed E-state index contributed by atoms with van der Waals surface area (Å²) in [4.78, 5) is 14.8. The molecule has 23 heavy (non-hydrogen) atoms. The Morgan fingerprint density at radius 1 is 1.30 bits per heavy atom. The fraction of sp³-hybridized carbons (Fsp3) is 0.632. The van der Waals surface area contributed by atoms with Crippen LogP contribution in [0.3, 0.4) is 0 Å². The van der Waals surface area contributed by atoms with Gasteiger partial charge in [0.2, 0.25) is 0 Å². The standard InChI is InChI=1S/C19H27NO3/c1-2-4-14-6-8-15(9-7-14)19(22)20-11-3-5-17(20)16-13-23-12-10-18(16)21/h6-9,16-18,21H,2-5,10-13H2,1H3. The van der Waals surface area contributed by atoms with E-state index in [9.17, 15) is 9.90 Å². The number of amides is 1. The Bertz CT molecular complexity index is 528. The van der Waals surface area contributed by atoms with Gasteiger partial charge in [-0.3, -0.25) is 4.79 Å². The van der Waals surface area contributed by atoms with E-state index in [0.717, 1.165) is 37.8 Å². The quantitative estimate of drug-likeness (QED) is 0.929. The van der Waals surface area contributed by atoms with Crippen molar-refractivity contribution in [3.63, 3.8) is 0 Å². The van der Waals surface area contributed by atoms with Crippen molar-refractivity contribution in [1.82, 2.24) is 4.90 Å². The van der Waals surface area contributed by atoms with Crippen molar-refractivity contribution in [3.05, 3.63) is 35.4 Å². The molecule has 1 amide bonds. The summed E-state index contributed by atoms with van der Waals surface area (Å²) < 4.78 is 5.54. The Balaban J connectivity index is 1.72. The second-order valence-corrected chi connectivity index (χ2v) is 6.75. The number of hydrogen-bond acceptors (Lipinski definition) is 3. The first-order valence-corrected chi connectivity index (χ1v) is 8.86. The van der Waals surface area contributed by atoms with Crippen molar-refractivity contribution in [3.8, 4) is 0 Å². The minimum atomic E-state index is -0.353. The van der Waals surface area contributed by atoms with Gasteiger partial charge in [-0.2, -0.15) is 0 Å². The number of carbonyl (C=O) groups is 1. The summed E-state index contributed by atoms with van der Waals surface area (Å²) in [6.45, 7) is 4.12. The highest BCUT2D eigenvalue weighted by Gasteiger charge is 2.39. The lowest BCUT2D eigenvalue weighted by Gasteiger charge is -2.37. The molecule has 2 aliphatic rings. The molecule has 0 radical (unpaired) electrons. The van der Waals surface area contributed by atoms with Crippen LogP contribution in [0, 0.1) is 5.92 Å². The Labute approximate surface area is 138 Å². The number of likely N-dealkylation sites (tertiary alicyclic amines) is 1. The van der Waals surface area contributed by atoms with Crippen molar-refractivity contribution in [1.29, 1.82) is 0 Å². The molecule has 4 heteroatoms. The van der Waals surface area contributed by atoms with E-state index in [1.165, 1.54) is 5.56 Å². The number of benzene rings is 1. The molecule has 2 aliphatic heterocycles. The van der Waals surface area contributed by atoms with Gasteiger partial charge in [0.05, 0.1) is 12.7 Å². The van der Waals surface area contributed by atoms with Crippen LogP contribution in [0.5, 0.6) is 0 Å². The Hall–Kier alpha value is -1.39. The van der Waals surface area contributed by atoms with E-state index in [2.05, 4.69) is 19.1 Å². The summed E-state index contributed by atoms with van der Waals surface area (Å²) in [6, 6.07) is 8.10. The van der Waals surface area contributed by atoms with E-state index < -0.39 is 0 Å². The van der Waals surface area contributed by atoms with Crippen LogP contribution in [0.2, 0.25) is 0 Å². The summed E-state index contributed by atoms with van der Waals surface area (Å²) in [5.74, 6) is 0.142. The first-order valence-electron chi connectivity index (χ1n) is 8.86. The highest BCUT2D eigenvalue weighted by molar-refractivity contribution is 5.94. The van der Waals surface area contributed by atoms with Crippen LogP contribution in [0.25, 0.3) is 0 Å². The van der Waals surface area contributed by atoms with Crippen molar-refractivity contribution in [2.75, 3.05) is 19.8 Å². The molecule has 3 unspecified atom stereocenters. The maximum Gasteiger partial charge on any atom is 0.254 e. The minimum Gasteiger partial charge on any atom is -0.393 e. The van der Waals surface area contributed by atoms with E-state index in [0.29, 0.717) is 19.6 Å². The van der Waals surface area contributed by atoms with Crippen LogP contribution >= 0.6 is 0 Å². The highest BCUT2D eigenvalue weighted by atomic mass is 16.5.